The van der Waals surface area contributed by atoms with Gasteiger partial charge in [-0.2, -0.15) is 0 Å². The molecule has 0 radical (unpaired) electrons. The minimum Gasteiger partial charge on any atom is -0.0948 e. The van der Waals surface area contributed by atoms with E-state index in [1.54, 1.807) is 0 Å². The van der Waals surface area contributed by atoms with Gasteiger partial charge in [0.05, 0.1) is 0 Å². The van der Waals surface area contributed by atoms with E-state index < -0.39 is 0 Å². The van der Waals surface area contributed by atoms with Gasteiger partial charge in [0.25, 0.3) is 0 Å². The lowest BCUT2D eigenvalue weighted by molar-refractivity contribution is 1.73. The average molecular weight is 72.0 g/mol. The van der Waals surface area contributed by atoms with E-state index in [0.717, 1.165) is 8.58 Å². The number of hydrogen-bond acceptors (Lipinski definition) is 0. The molecule has 1 unspecified atom stereocenters. The Balaban J connectivity index is 2.47. The first-order valence-corrected chi connectivity index (χ1v) is 2.67. The van der Waals surface area contributed by atoms with Gasteiger partial charge in [-0.3, -0.25) is 0 Å². The van der Waals surface area contributed by atoms with Crippen molar-refractivity contribution in [3.63, 3.8) is 0 Å². The minimum absolute atomic E-state index is 1.14. The zero-order valence-corrected chi connectivity index (χ0v) is 3.36. The first-order chi connectivity index (χ1) is 2.00. The van der Waals surface area contributed by atoms with Gasteiger partial charge >= 0.3 is 0 Å². The van der Waals surface area contributed by atoms with Crippen molar-refractivity contribution in [1.29, 1.82) is 0 Å². The molecule has 1 heteroatoms. The van der Waals surface area contributed by atoms with Crippen LogP contribution in [0.25, 0.3) is 0 Å². The minimum atomic E-state index is 1.14. The Morgan fingerprint density at radius 2 is 2.00 bits per heavy atom. The van der Waals surface area contributed by atoms with Crippen LogP contribution in [0, 0.1) is 0 Å². The SMILES string of the molecule is C1=CPC1. The number of allylic oxidation sites excluding steroid dienone is 1. The van der Waals surface area contributed by atoms with E-state index in [9.17, 15) is 0 Å². The van der Waals surface area contributed by atoms with E-state index in [1.165, 1.54) is 6.16 Å². The van der Waals surface area contributed by atoms with E-state index in [2.05, 4.69) is 11.9 Å². The molecule has 0 nitrogen and oxygen atoms in total. The fourth-order valence-electron chi connectivity index (χ4n) is 0.118. The van der Waals surface area contributed by atoms with Crippen LogP contribution in [0.3, 0.4) is 0 Å². The summed E-state index contributed by atoms with van der Waals surface area (Å²) in [6.45, 7) is 0. The third kappa shape index (κ3) is 0.171. The Morgan fingerprint density at radius 3 is 2.00 bits per heavy atom. The van der Waals surface area contributed by atoms with Gasteiger partial charge in [-0.05, 0) is 6.16 Å². The summed E-state index contributed by atoms with van der Waals surface area (Å²) in [6.07, 6.45) is 3.54. The summed E-state index contributed by atoms with van der Waals surface area (Å²) in [5.74, 6) is 2.21. The van der Waals surface area contributed by atoms with E-state index in [0.29, 0.717) is 0 Å². The second kappa shape index (κ2) is 0.858. The van der Waals surface area contributed by atoms with Crippen LogP contribution in [0.5, 0.6) is 0 Å². The van der Waals surface area contributed by atoms with Crippen LogP contribution in [-0.2, 0) is 0 Å². The molecule has 0 amide bonds. The molecule has 0 spiro atoms. The van der Waals surface area contributed by atoms with Gasteiger partial charge in [-0.1, -0.05) is 20.5 Å². The van der Waals surface area contributed by atoms with Gasteiger partial charge in [0, 0.05) is 0 Å². The maximum atomic E-state index is 2.21. The lowest BCUT2D eigenvalue weighted by Gasteiger charge is -1.93. The molecule has 0 saturated heterocycles. The highest BCUT2D eigenvalue weighted by molar-refractivity contribution is 7.43. The van der Waals surface area contributed by atoms with E-state index in [1.807, 2.05) is 0 Å². The van der Waals surface area contributed by atoms with E-state index in [4.69, 9.17) is 0 Å². The molecule has 0 aromatic carbocycles. The van der Waals surface area contributed by atoms with Gasteiger partial charge in [0.2, 0.25) is 0 Å². The van der Waals surface area contributed by atoms with Crippen molar-refractivity contribution in [1.82, 2.24) is 0 Å². The summed E-state index contributed by atoms with van der Waals surface area (Å²) in [4.78, 5) is 0. The molecule has 0 N–H and O–H groups in total. The van der Waals surface area contributed by atoms with Crippen LogP contribution in [0.2, 0.25) is 0 Å². The first-order valence-electron chi connectivity index (χ1n) is 1.38. The zero-order valence-electron chi connectivity index (χ0n) is 2.36. The molecule has 0 aromatic rings. The quantitative estimate of drug-likeness (QED) is 0.377. The molecule has 4 heavy (non-hydrogen) atoms. The monoisotopic (exact) mass is 72.0 g/mol. The average Bonchev–Trinajstić information content (AvgIpc) is 0.722. The normalized spacial score (nSPS) is 26.0. The molecule has 0 aliphatic carbocycles. The Bertz CT molecular complexity index is 32.5. The first kappa shape index (κ1) is 2.41. The van der Waals surface area contributed by atoms with Gasteiger partial charge in [0.15, 0.2) is 0 Å². The lowest BCUT2D eigenvalue weighted by Crippen LogP contribution is -1.67. The van der Waals surface area contributed by atoms with Crippen molar-refractivity contribution in [2.75, 3.05) is 6.16 Å². The van der Waals surface area contributed by atoms with Crippen molar-refractivity contribution in [2.24, 2.45) is 0 Å². The summed E-state index contributed by atoms with van der Waals surface area (Å²) >= 11 is 0. The number of hydrogen-bond donors (Lipinski definition) is 0. The van der Waals surface area contributed by atoms with Crippen molar-refractivity contribution >= 4 is 8.58 Å². The van der Waals surface area contributed by atoms with Crippen molar-refractivity contribution in [3.8, 4) is 0 Å². The van der Waals surface area contributed by atoms with E-state index in [-0.39, 0.29) is 0 Å². The third-order valence-electron chi connectivity index (χ3n) is 0.471. The van der Waals surface area contributed by atoms with Crippen LogP contribution in [0.4, 0.5) is 0 Å². The van der Waals surface area contributed by atoms with Gasteiger partial charge in [0.1, 0.15) is 0 Å². The summed E-state index contributed by atoms with van der Waals surface area (Å²) in [5.41, 5.74) is 0. The van der Waals surface area contributed by atoms with Crippen molar-refractivity contribution in [2.45, 2.75) is 0 Å². The molecule has 1 aliphatic heterocycles. The lowest BCUT2D eigenvalue weighted by atomic mass is 10.7. The molecule has 1 atom stereocenters. The highest BCUT2D eigenvalue weighted by Crippen LogP contribution is 2.19. The maximum Gasteiger partial charge on any atom is -0.0134 e. The van der Waals surface area contributed by atoms with Crippen molar-refractivity contribution < 1.29 is 0 Å². The molecule has 0 aromatic heterocycles. The largest absolute Gasteiger partial charge is 0.0948 e. The van der Waals surface area contributed by atoms with Gasteiger partial charge in [-0.15, -0.1) is 0 Å². The highest BCUT2D eigenvalue weighted by atomic mass is 31.1. The smallest absolute Gasteiger partial charge is 0.0134 e. The standard InChI is InChI=1S/C3H5P/c1-2-4-3-1/h1-2,4H,3H2. The van der Waals surface area contributed by atoms with Gasteiger partial charge in [-0.25, -0.2) is 0 Å². The molecule has 0 bridgehead atoms. The highest BCUT2D eigenvalue weighted by Gasteiger charge is 1.80. The Kier molecular flexibility index (Phi) is 0.517. The molecule has 22 valence electrons. The Hall–Kier alpha value is 0.170. The molecule has 1 rings (SSSR count). The summed E-state index contributed by atoms with van der Waals surface area (Å²) in [7, 11) is 1.14. The van der Waals surface area contributed by atoms with Crippen LogP contribution >= 0.6 is 8.58 Å². The predicted molar refractivity (Wildman–Crippen MR) is 22.3 cm³/mol. The molecule has 1 aliphatic rings. The summed E-state index contributed by atoms with van der Waals surface area (Å²) in [5, 5.41) is 0. The van der Waals surface area contributed by atoms with Crippen LogP contribution in [-0.4, -0.2) is 6.16 Å². The number of rotatable bonds is 0. The predicted octanol–water partition coefficient (Wildman–Crippen LogP) is 1.19. The molecule has 0 fully saturated rings. The third-order valence-corrected chi connectivity index (χ3v) is 1.41. The van der Waals surface area contributed by atoms with Crippen LogP contribution in [0.15, 0.2) is 11.9 Å². The molecule has 0 saturated carbocycles. The topological polar surface area (TPSA) is 0 Å². The Labute approximate surface area is 27.7 Å². The van der Waals surface area contributed by atoms with E-state index >= 15 is 0 Å². The maximum absolute atomic E-state index is 2.21. The zero-order chi connectivity index (χ0) is 2.83. The van der Waals surface area contributed by atoms with Crippen LogP contribution in [0.1, 0.15) is 0 Å². The molecule has 1 heterocycles. The fraction of sp³-hybridized carbons (Fsp3) is 0.333. The molecular weight excluding hydrogens is 67.0 g/mol. The molecular formula is C3H5P. The second-order valence-electron chi connectivity index (χ2n) is 0.811. The second-order valence-corrected chi connectivity index (χ2v) is 1.96. The summed E-state index contributed by atoms with van der Waals surface area (Å²) < 4.78 is 0. The van der Waals surface area contributed by atoms with Gasteiger partial charge < -0.3 is 0 Å². The Morgan fingerprint density at radius 1 is 1.75 bits per heavy atom. The fourth-order valence-corrected chi connectivity index (χ4v) is 0.354. The summed E-state index contributed by atoms with van der Waals surface area (Å²) in [6, 6.07) is 0. The van der Waals surface area contributed by atoms with Crippen LogP contribution < -0.4 is 0 Å². The van der Waals surface area contributed by atoms with Crippen molar-refractivity contribution in [3.05, 3.63) is 11.9 Å².